The molecule has 0 radical (unpaired) electrons. The Bertz CT molecular complexity index is 518. The van der Waals surface area contributed by atoms with E-state index in [-0.39, 0.29) is 23.9 Å². The van der Waals surface area contributed by atoms with E-state index in [0.717, 1.165) is 13.1 Å². The monoisotopic (exact) mass is 269 g/mol. The van der Waals surface area contributed by atoms with Gasteiger partial charge in [-0.05, 0) is 17.9 Å². The van der Waals surface area contributed by atoms with Crippen LogP contribution in [0, 0.1) is 11.8 Å². The molecule has 98 valence electrons. The highest BCUT2D eigenvalue weighted by atomic mass is 35.5. The van der Waals surface area contributed by atoms with Gasteiger partial charge in [-0.15, -0.1) is 12.4 Å². The van der Waals surface area contributed by atoms with Crippen LogP contribution < -0.4 is 16.2 Å². The molecule has 18 heavy (non-hydrogen) atoms. The molecule has 2 unspecified atom stereocenters. The van der Waals surface area contributed by atoms with Gasteiger partial charge in [-0.2, -0.15) is 0 Å². The summed E-state index contributed by atoms with van der Waals surface area (Å²) in [6, 6.07) is 3.35. The molecule has 2 aliphatic rings. The fraction of sp³-hybridized carbons (Fsp3) is 0.500. The van der Waals surface area contributed by atoms with Gasteiger partial charge < -0.3 is 15.2 Å². The Hall–Kier alpha value is -1.33. The number of pyridine rings is 1. The molecule has 0 spiro atoms. The summed E-state index contributed by atoms with van der Waals surface area (Å²) in [7, 11) is 1.67. The van der Waals surface area contributed by atoms with E-state index in [1.807, 2.05) is 0 Å². The number of hydrogen-bond donors (Lipinski definition) is 2. The Labute approximate surface area is 111 Å². The van der Waals surface area contributed by atoms with Crippen LogP contribution >= 0.6 is 12.4 Å². The van der Waals surface area contributed by atoms with Crippen LogP contribution in [-0.4, -0.2) is 29.6 Å². The van der Waals surface area contributed by atoms with Crippen LogP contribution in [0.2, 0.25) is 0 Å². The zero-order valence-corrected chi connectivity index (χ0v) is 10.9. The standard InChI is InChI=1S/C12H15N3O2.ClH/c1-15-3-2-7(4-10(15)16)12(17)14-11-8-5-13-6-9(8)11;/h2-4,8-9,11,13H,5-6H2,1H3,(H,14,17);1H. The summed E-state index contributed by atoms with van der Waals surface area (Å²) in [5.74, 6) is 1.04. The summed E-state index contributed by atoms with van der Waals surface area (Å²) in [5.41, 5.74) is 0.293. The molecule has 2 fully saturated rings. The minimum Gasteiger partial charge on any atom is -0.349 e. The molecule has 1 aromatic rings. The highest BCUT2D eigenvalue weighted by molar-refractivity contribution is 5.94. The number of carbonyl (C=O) groups excluding carboxylic acids is 1. The summed E-state index contributed by atoms with van der Waals surface area (Å²) in [6.45, 7) is 1.98. The van der Waals surface area contributed by atoms with Crippen LogP contribution in [0.15, 0.2) is 23.1 Å². The SMILES string of the molecule is Cl.Cn1ccc(C(=O)NC2C3CNCC32)cc1=O. The predicted molar refractivity (Wildman–Crippen MR) is 70.0 cm³/mol. The van der Waals surface area contributed by atoms with Crippen molar-refractivity contribution < 1.29 is 4.79 Å². The summed E-state index contributed by atoms with van der Waals surface area (Å²) in [6.07, 6.45) is 1.62. The van der Waals surface area contributed by atoms with Gasteiger partial charge in [0.25, 0.3) is 11.5 Å². The average Bonchev–Trinajstić information content (AvgIpc) is 2.76. The summed E-state index contributed by atoms with van der Waals surface area (Å²) in [5, 5.41) is 6.27. The highest BCUT2D eigenvalue weighted by Gasteiger charge is 2.53. The molecule has 1 saturated heterocycles. The van der Waals surface area contributed by atoms with E-state index in [2.05, 4.69) is 10.6 Å². The first kappa shape index (κ1) is 13.1. The van der Waals surface area contributed by atoms with Crippen LogP contribution in [0.3, 0.4) is 0 Å². The van der Waals surface area contributed by atoms with Crippen molar-refractivity contribution in [3.63, 3.8) is 0 Å². The van der Waals surface area contributed by atoms with Gasteiger partial charge in [0, 0.05) is 44.0 Å². The van der Waals surface area contributed by atoms with Crippen molar-refractivity contribution in [1.82, 2.24) is 15.2 Å². The molecule has 2 heterocycles. The lowest BCUT2D eigenvalue weighted by Crippen LogP contribution is -2.33. The van der Waals surface area contributed by atoms with Gasteiger partial charge in [-0.1, -0.05) is 0 Å². The van der Waals surface area contributed by atoms with Crippen molar-refractivity contribution in [1.29, 1.82) is 0 Å². The van der Waals surface area contributed by atoms with E-state index >= 15 is 0 Å². The third-order valence-corrected chi connectivity index (χ3v) is 3.76. The normalized spacial score (nSPS) is 28.2. The maximum Gasteiger partial charge on any atom is 0.251 e. The largest absolute Gasteiger partial charge is 0.349 e. The molecule has 0 bridgehead atoms. The van der Waals surface area contributed by atoms with E-state index in [1.165, 1.54) is 10.6 Å². The van der Waals surface area contributed by atoms with Crippen LogP contribution in [-0.2, 0) is 7.05 Å². The van der Waals surface area contributed by atoms with Crippen LogP contribution in [0.4, 0.5) is 0 Å². The van der Waals surface area contributed by atoms with Gasteiger partial charge in [0.2, 0.25) is 0 Å². The Morgan fingerprint density at radius 1 is 1.44 bits per heavy atom. The van der Waals surface area contributed by atoms with Crippen LogP contribution in [0.5, 0.6) is 0 Å². The first-order chi connectivity index (χ1) is 8.16. The van der Waals surface area contributed by atoms with Crippen LogP contribution in [0.25, 0.3) is 0 Å². The Balaban J connectivity index is 0.00000120. The second-order valence-corrected chi connectivity index (χ2v) is 4.85. The topological polar surface area (TPSA) is 63.1 Å². The predicted octanol–water partition coefficient (Wildman–Crippen LogP) is -0.245. The van der Waals surface area contributed by atoms with E-state index in [9.17, 15) is 9.59 Å². The second-order valence-electron chi connectivity index (χ2n) is 4.85. The minimum atomic E-state index is -0.157. The molecular formula is C12H16ClN3O2. The lowest BCUT2D eigenvalue weighted by atomic mass is 10.2. The van der Waals surface area contributed by atoms with Gasteiger partial charge in [-0.3, -0.25) is 9.59 Å². The molecular weight excluding hydrogens is 254 g/mol. The third kappa shape index (κ3) is 2.15. The fourth-order valence-corrected chi connectivity index (χ4v) is 2.56. The van der Waals surface area contributed by atoms with Crippen molar-refractivity contribution in [2.24, 2.45) is 18.9 Å². The smallest absolute Gasteiger partial charge is 0.251 e. The number of halogens is 1. The molecule has 1 saturated carbocycles. The molecule has 1 aliphatic heterocycles. The van der Waals surface area contributed by atoms with E-state index in [1.54, 1.807) is 19.3 Å². The van der Waals surface area contributed by atoms with Gasteiger partial charge in [-0.25, -0.2) is 0 Å². The molecule has 1 aromatic heterocycles. The van der Waals surface area contributed by atoms with E-state index in [4.69, 9.17) is 0 Å². The Morgan fingerprint density at radius 3 is 2.72 bits per heavy atom. The first-order valence-electron chi connectivity index (χ1n) is 5.85. The number of nitrogens with zero attached hydrogens (tertiary/aromatic N) is 1. The highest BCUT2D eigenvalue weighted by Crippen LogP contribution is 2.41. The number of aryl methyl sites for hydroxylation is 1. The number of rotatable bonds is 2. The van der Waals surface area contributed by atoms with Crippen molar-refractivity contribution in [2.75, 3.05) is 13.1 Å². The number of fused-ring (bicyclic) bond motifs is 1. The van der Waals surface area contributed by atoms with Crippen LogP contribution in [0.1, 0.15) is 10.4 Å². The van der Waals surface area contributed by atoms with Gasteiger partial charge in [0.1, 0.15) is 0 Å². The third-order valence-electron chi connectivity index (χ3n) is 3.76. The number of hydrogen-bond acceptors (Lipinski definition) is 3. The first-order valence-corrected chi connectivity index (χ1v) is 5.85. The van der Waals surface area contributed by atoms with Crippen molar-refractivity contribution >= 4 is 18.3 Å². The minimum absolute atomic E-state index is 0. The summed E-state index contributed by atoms with van der Waals surface area (Å²) < 4.78 is 1.45. The maximum absolute atomic E-state index is 11.9. The number of nitrogens with one attached hydrogen (secondary N) is 2. The molecule has 3 rings (SSSR count). The molecule has 1 amide bonds. The molecule has 0 aromatic carbocycles. The van der Waals surface area contributed by atoms with Crippen molar-refractivity contribution in [3.05, 3.63) is 34.2 Å². The summed E-state index contributed by atoms with van der Waals surface area (Å²) in [4.78, 5) is 23.3. The summed E-state index contributed by atoms with van der Waals surface area (Å²) >= 11 is 0. The molecule has 1 aliphatic carbocycles. The van der Waals surface area contributed by atoms with Gasteiger partial charge in [0.15, 0.2) is 0 Å². The fourth-order valence-electron chi connectivity index (χ4n) is 2.56. The Morgan fingerprint density at radius 2 is 2.11 bits per heavy atom. The quantitative estimate of drug-likeness (QED) is 0.779. The second kappa shape index (κ2) is 4.74. The number of carbonyl (C=O) groups is 1. The number of aromatic nitrogens is 1. The Kier molecular flexibility index (Phi) is 3.45. The van der Waals surface area contributed by atoms with E-state index < -0.39 is 0 Å². The lowest BCUT2D eigenvalue weighted by molar-refractivity contribution is 0.0946. The lowest BCUT2D eigenvalue weighted by Gasteiger charge is -2.07. The molecule has 2 N–H and O–H groups in total. The molecule has 5 nitrogen and oxygen atoms in total. The van der Waals surface area contributed by atoms with E-state index in [0.29, 0.717) is 23.4 Å². The zero-order valence-electron chi connectivity index (χ0n) is 10.1. The zero-order chi connectivity index (χ0) is 12.0. The molecule has 2 atom stereocenters. The van der Waals surface area contributed by atoms with Crippen molar-refractivity contribution in [3.8, 4) is 0 Å². The average molecular weight is 270 g/mol. The maximum atomic E-state index is 11.9. The van der Waals surface area contributed by atoms with Gasteiger partial charge >= 0.3 is 0 Å². The van der Waals surface area contributed by atoms with Gasteiger partial charge in [0.05, 0.1) is 0 Å². The van der Waals surface area contributed by atoms with Crippen molar-refractivity contribution in [2.45, 2.75) is 6.04 Å². The number of piperidine rings is 1. The number of amides is 1. The molecule has 6 heteroatoms.